The quantitative estimate of drug-likeness (QED) is 0.517. The summed E-state index contributed by atoms with van der Waals surface area (Å²) in [5.41, 5.74) is 1.99. The maximum absolute atomic E-state index is 13.2. The molecule has 1 amide bonds. The van der Waals surface area contributed by atoms with E-state index in [0.29, 0.717) is 23.1 Å². The number of nitrogens with zero attached hydrogens (tertiary/aromatic N) is 2. The number of anilines is 1. The van der Waals surface area contributed by atoms with Gasteiger partial charge in [-0.15, -0.1) is 11.8 Å². The number of rotatable bonds is 3. The Bertz CT molecular complexity index is 1050. The van der Waals surface area contributed by atoms with Crippen LogP contribution in [0.1, 0.15) is 10.8 Å². The van der Waals surface area contributed by atoms with Gasteiger partial charge in [-0.1, -0.05) is 59.6 Å². The number of likely N-dealkylation sites (N-methyl/N-ethyl adjacent to an activating group) is 1. The standard InChI is InChI=1S/C22H20Cl2N2OS/c1-25(2)13-21(27)26-12-20(17-9-8-15(23)11-18(17)24)28-19-10-7-14-5-3-4-6-16(14)22(19)26/h3-11,20H,12-13H2,1-2H3. The fraction of sp³-hybridized carbons (Fsp3) is 0.227. The smallest absolute Gasteiger partial charge is 0.241 e. The van der Waals surface area contributed by atoms with E-state index < -0.39 is 0 Å². The molecule has 4 rings (SSSR count). The maximum atomic E-state index is 13.2. The second-order valence-electron chi connectivity index (χ2n) is 7.15. The minimum Gasteiger partial charge on any atom is -0.308 e. The van der Waals surface area contributed by atoms with Crippen molar-refractivity contribution in [3.05, 3.63) is 70.2 Å². The molecule has 1 aliphatic rings. The van der Waals surface area contributed by atoms with Crippen LogP contribution in [0.2, 0.25) is 10.0 Å². The maximum Gasteiger partial charge on any atom is 0.241 e. The van der Waals surface area contributed by atoms with Gasteiger partial charge >= 0.3 is 0 Å². The fourth-order valence-corrected chi connectivity index (χ4v) is 5.51. The highest BCUT2D eigenvalue weighted by Crippen LogP contribution is 2.49. The molecule has 3 aromatic carbocycles. The van der Waals surface area contributed by atoms with Gasteiger partial charge in [-0.25, -0.2) is 0 Å². The monoisotopic (exact) mass is 430 g/mol. The molecular weight excluding hydrogens is 411 g/mol. The van der Waals surface area contributed by atoms with Crippen molar-refractivity contribution in [3.63, 3.8) is 0 Å². The molecule has 0 saturated carbocycles. The average Bonchev–Trinajstić information content (AvgIpc) is 2.66. The van der Waals surface area contributed by atoms with Gasteiger partial charge in [0.15, 0.2) is 0 Å². The summed E-state index contributed by atoms with van der Waals surface area (Å²) in [7, 11) is 3.82. The first kappa shape index (κ1) is 19.6. The number of hydrogen-bond donors (Lipinski definition) is 0. The third-order valence-electron chi connectivity index (χ3n) is 4.81. The van der Waals surface area contributed by atoms with Gasteiger partial charge < -0.3 is 9.80 Å². The highest BCUT2D eigenvalue weighted by atomic mass is 35.5. The third-order valence-corrected chi connectivity index (χ3v) is 6.65. The summed E-state index contributed by atoms with van der Waals surface area (Å²) >= 11 is 14.3. The summed E-state index contributed by atoms with van der Waals surface area (Å²) in [6.45, 7) is 0.925. The molecule has 0 spiro atoms. The van der Waals surface area contributed by atoms with E-state index in [9.17, 15) is 4.79 Å². The van der Waals surface area contributed by atoms with Crippen molar-refractivity contribution in [2.45, 2.75) is 10.1 Å². The molecule has 28 heavy (non-hydrogen) atoms. The van der Waals surface area contributed by atoms with Crippen LogP contribution < -0.4 is 4.90 Å². The summed E-state index contributed by atoms with van der Waals surface area (Å²) in [5.74, 6) is 0.0815. The molecule has 0 aliphatic carbocycles. The van der Waals surface area contributed by atoms with Crippen molar-refractivity contribution in [3.8, 4) is 0 Å². The number of carbonyl (C=O) groups is 1. The number of halogens is 2. The van der Waals surface area contributed by atoms with Crippen LogP contribution in [0, 0.1) is 0 Å². The lowest BCUT2D eigenvalue weighted by molar-refractivity contribution is -0.119. The molecule has 0 radical (unpaired) electrons. The van der Waals surface area contributed by atoms with Crippen LogP contribution in [-0.4, -0.2) is 38.0 Å². The number of hydrogen-bond acceptors (Lipinski definition) is 3. The number of carbonyl (C=O) groups excluding carboxylic acids is 1. The lowest BCUT2D eigenvalue weighted by Crippen LogP contribution is -2.41. The third kappa shape index (κ3) is 3.74. The van der Waals surface area contributed by atoms with Crippen molar-refractivity contribution >= 4 is 57.3 Å². The zero-order chi connectivity index (χ0) is 19.8. The Morgan fingerprint density at radius 3 is 2.68 bits per heavy atom. The van der Waals surface area contributed by atoms with E-state index >= 15 is 0 Å². The van der Waals surface area contributed by atoms with E-state index in [1.807, 2.05) is 48.2 Å². The highest BCUT2D eigenvalue weighted by molar-refractivity contribution is 7.99. The van der Waals surface area contributed by atoms with Crippen LogP contribution in [-0.2, 0) is 4.79 Å². The van der Waals surface area contributed by atoms with Crippen molar-refractivity contribution in [2.24, 2.45) is 0 Å². The molecule has 1 heterocycles. The Labute approximate surface area is 179 Å². The average molecular weight is 431 g/mol. The minimum atomic E-state index is 0.0459. The lowest BCUT2D eigenvalue weighted by Gasteiger charge is -2.36. The van der Waals surface area contributed by atoms with Crippen molar-refractivity contribution in [1.82, 2.24) is 4.90 Å². The summed E-state index contributed by atoms with van der Waals surface area (Å²) in [5, 5.41) is 3.52. The second kappa shape index (κ2) is 7.96. The lowest BCUT2D eigenvalue weighted by atomic mass is 10.1. The van der Waals surface area contributed by atoms with Gasteiger partial charge in [-0.05, 0) is 43.2 Å². The minimum absolute atomic E-state index is 0.0459. The molecule has 0 aromatic heterocycles. The predicted octanol–water partition coefficient (Wildman–Crippen LogP) is 5.89. The van der Waals surface area contributed by atoms with Gasteiger partial charge in [0.2, 0.25) is 5.91 Å². The largest absolute Gasteiger partial charge is 0.308 e. The van der Waals surface area contributed by atoms with Crippen molar-refractivity contribution in [1.29, 1.82) is 0 Å². The summed E-state index contributed by atoms with van der Waals surface area (Å²) in [6, 6.07) is 18.0. The molecular formula is C22H20Cl2N2OS. The summed E-state index contributed by atoms with van der Waals surface area (Å²) in [6.07, 6.45) is 0. The number of amides is 1. The topological polar surface area (TPSA) is 23.6 Å². The van der Waals surface area contributed by atoms with E-state index in [4.69, 9.17) is 23.2 Å². The molecule has 0 N–H and O–H groups in total. The molecule has 3 aromatic rings. The van der Waals surface area contributed by atoms with E-state index in [2.05, 4.69) is 24.3 Å². The fourth-order valence-electron chi connectivity index (χ4n) is 3.56. The van der Waals surface area contributed by atoms with Gasteiger partial charge in [-0.2, -0.15) is 0 Å². The number of fused-ring (bicyclic) bond motifs is 3. The SMILES string of the molecule is CN(C)CC(=O)N1CC(c2ccc(Cl)cc2Cl)Sc2ccc3ccccc3c21. The van der Waals surface area contributed by atoms with Crippen LogP contribution in [0.5, 0.6) is 0 Å². The van der Waals surface area contributed by atoms with Gasteiger partial charge in [-0.3, -0.25) is 4.79 Å². The molecule has 144 valence electrons. The van der Waals surface area contributed by atoms with E-state index in [-0.39, 0.29) is 11.2 Å². The van der Waals surface area contributed by atoms with Crippen LogP contribution in [0.4, 0.5) is 5.69 Å². The highest BCUT2D eigenvalue weighted by Gasteiger charge is 2.32. The van der Waals surface area contributed by atoms with E-state index in [1.54, 1.807) is 17.8 Å². The zero-order valence-electron chi connectivity index (χ0n) is 15.7. The molecule has 6 heteroatoms. The molecule has 0 saturated heterocycles. The predicted molar refractivity (Wildman–Crippen MR) is 120 cm³/mol. The Kier molecular flexibility index (Phi) is 5.57. The molecule has 1 aliphatic heterocycles. The number of thioether (sulfide) groups is 1. The summed E-state index contributed by atoms with van der Waals surface area (Å²) in [4.78, 5) is 18.1. The van der Waals surface area contributed by atoms with Crippen LogP contribution >= 0.6 is 35.0 Å². The molecule has 1 unspecified atom stereocenters. The normalized spacial score (nSPS) is 16.5. The Balaban J connectivity index is 1.83. The van der Waals surface area contributed by atoms with Crippen molar-refractivity contribution < 1.29 is 4.79 Å². The van der Waals surface area contributed by atoms with Gasteiger partial charge in [0.05, 0.1) is 17.5 Å². The van der Waals surface area contributed by atoms with Crippen LogP contribution in [0.15, 0.2) is 59.5 Å². The zero-order valence-corrected chi connectivity index (χ0v) is 18.0. The first-order chi connectivity index (χ1) is 13.4. The Morgan fingerprint density at radius 1 is 1.14 bits per heavy atom. The van der Waals surface area contributed by atoms with Crippen LogP contribution in [0.3, 0.4) is 0 Å². The molecule has 1 atom stereocenters. The van der Waals surface area contributed by atoms with Gasteiger partial charge in [0.25, 0.3) is 0 Å². The first-order valence-electron chi connectivity index (χ1n) is 9.02. The number of benzene rings is 3. The molecule has 0 fully saturated rings. The van der Waals surface area contributed by atoms with E-state index in [0.717, 1.165) is 26.9 Å². The molecule has 0 bridgehead atoms. The Morgan fingerprint density at radius 2 is 1.93 bits per heavy atom. The van der Waals surface area contributed by atoms with Crippen LogP contribution in [0.25, 0.3) is 10.8 Å². The van der Waals surface area contributed by atoms with Gasteiger partial charge in [0.1, 0.15) is 0 Å². The summed E-state index contributed by atoms with van der Waals surface area (Å²) < 4.78 is 0. The van der Waals surface area contributed by atoms with Crippen molar-refractivity contribution in [2.75, 3.05) is 32.1 Å². The second-order valence-corrected chi connectivity index (χ2v) is 9.24. The first-order valence-corrected chi connectivity index (χ1v) is 10.7. The van der Waals surface area contributed by atoms with E-state index in [1.165, 1.54) is 0 Å². The van der Waals surface area contributed by atoms with Gasteiger partial charge in [0, 0.05) is 26.9 Å². The Hall–Kier alpha value is -1.72. The molecule has 3 nitrogen and oxygen atoms in total.